The zero-order chi connectivity index (χ0) is 14.6. The summed E-state index contributed by atoms with van der Waals surface area (Å²) in [5.41, 5.74) is 2.43. The third kappa shape index (κ3) is 4.30. The summed E-state index contributed by atoms with van der Waals surface area (Å²) >= 11 is 8.08. The molecule has 0 aliphatic rings. The Bertz CT molecular complexity index is 531. The third-order valence-electron chi connectivity index (χ3n) is 3.08. The van der Waals surface area contributed by atoms with Gasteiger partial charge in [-0.05, 0) is 5.56 Å². The van der Waals surface area contributed by atoms with E-state index in [-0.39, 0.29) is 10.8 Å². The SMILES string of the molecule is CC(C)(C)c1csc(CNCC(Cl)c2ccccc2)n1. The lowest BCUT2D eigenvalue weighted by atomic mass is 9.93. The highest BCUT2D eigenvalue weighted by Crippen LogP contribution is 2.24. The van der Waals surface area contributed by atoms with Crippen molar-refractivity contribution in [1.29, 1.82) is 0 Å². The van der Waals surface area contributed by atoms with E-state index in [0.29, 0.717) is 0 Å². The van der Waals surface area contributed by atoms with Crippen LogP contribution in [0.3, 0.4) is 0 Å². The molecule has 0 saturated carbocycles. The average molecular weight is 309 g/mol. The summed E-state index contributed by atoms with van der Waals surface area (Å²) in [4.78, 5) is 4.66. The van der Waals surface area contributed by atoms with Gasteiger partial charge in [-0.2, -0.15) is 0 Å². The Balaban J connectivity index is 1.83. The molecule has 2 rings (SSSR count). The maximum Gasteiger partial charge on any atom is 0.107 e. The first kappa shape index (κ1) is 15.5. The lowest BCUT2D eigenvalue weighted by Gasteiger charge is -2.14. The van der Waals surface area contributed by atoms with Crippen molar-refractivity contribution in [2.45, 2.75) is 38.1 Å². The smallest absolute Gasteiger partial charge is 0.107 e. The van der Waals surface area contributed by atoms with Gasteiger partial charge in [0.2, 0.25) is 0 Å². The van der Waals surface area contributed by atoms with Crippen LogP contribution in [0.1, 0.15) is 42.4 Å². The third-order valence-corrected chi connectivity index (χ3v) is 4.34. The predicted octanol–water partition coefficient (Wildman–Crippen LogP) is 4.51. The van der Waals surface area contributed by atoms with E-state index in [9.17, 15) is 0 Å². The monoisotopic (exact) mass is 308 g/mol. The van der Waals surface area contributed by atoms with Gasteiger partial charge in [-0.1, -0.05) is 51.1 Å². The predicted molar refractivity (Wildman–Crippen MR) is 87.6 cm³/mol. The number of hydrogen-bond acceptors (Lipinski definition) is 3. The molecule has 1 heterocycles. The Morgan fingerprint density at radius 1 is 1.25 bits per heavy atom. The van der Waals surface area contributed by atoms with Crippen molar-refractivity contribution in [3.05, 3.63) is 52.0 Å². The number of nitrogens with one attached hydrogen (secondary N) is 1. The van der Waals surface area contributed by atoms with Gasteiger partial charge in [0, 0.05) is 23.9 Å². The normalized spacial score (nSPS) is 13.4. The molecule has 0 spiro atoms. The molecule has 0 amide bonds. The van der Waals surface area contributed by atoms with Crippen LogP contribution in [0.5, 0.6) is 0 Å². The number of alkyl halides is 1. The highest BCUT2D eigenvalue weighted by atomic mass is 35.5. The summed E-state index contributed by atoms with van der Waals surface area (Å²) in [6.07, 6.45) is 0. The Labute approximate surface area is 130 Å². The zero-order valence-corrected chi connectivity index (χ0v) is 13.8. The largest absolute Gasteiger partial charge is 0.309 e. The van der Waals surface area contributed by atoms with Crippen molar-refractivity contribution in [3.63, 3.8) is 0 Å². The van der Waals surface area contributed by atoms with Gasteiger partial charge in [-0.15, -0.1) is 22.9 Å². The van der Waals surface area contributed by atoms with E-state index in [0.717, 1.165) is 29.4 Å². The molecule has 108 valence electrons. The maximum absolute atomic E-state index is 6.37. The first-order valence-electron chi connectivity index (χ1n) is 6.81. The molecule has 2 aromatic rings. The molecule has 0 bridgehead atoms. The molecule has 0 fully saturated rings. The van der Waals surface area contributed by atoms with Gasteiger partial charge < -0.3 is 5.32 Å². The van der Waals surface area contributed by atoms with Crippen molar-refractivity contribution >= 4 is 22.9 Å². The minimum absolute atomic E-state index is 0.00162. The number of hydrogen-bond donors (Lipinski definition) is 1. The lowest BCUT2D eigenvalue weighted by molar-refractivity contribution is 0.568. The highest BCUT2D eigenvalue weighted by molar-refractivity contribution is 7.09. The number of thiazole rings is 1. The first-order valence-corrected chi connectivity index (χ1v) is 8.13. The molecule has 1 atom stereocenters. The summed E-state index contributed by atoms with van der Waals surface area (Å²) in [5, 5.41) is 6.64. The van der Waals surface area contributed by atoms with Crippen LogP contribution < -0.4 is 5.32 Å². The Morgan fingerprint density at radius 3 is 2.55 bits per heavy atom. The van der Waals surface area contributed by atoms with Gasteiger partial charge in [0.05, 0.1) is 11.1 Å². The van der Waals surface area contributed by atoms with Gasteiger partial charge in [0.1, 0.15) is 5.01 Å². The van der Waals surface area contributed by atoms with Crippen LogP contribution in [0.4, 0.5) is 0 Å². The maximum atomic E-state index is 6.37. The summed E-state index contributed by atoms with van der Waals surface area (Å²) in [6, 6.07) is 10.1. The Hall–Kier alpha value is -0.900. The van der Waals surface area contributed by atoms with Gasteiger partial charge >= 0.3 is 0 Å². The van der Waals surface area contributed by atoms with Gasteiger partial charge in [0.15, 0.2) is 0 Å². The van der Waals surface area contributed by atoms with E-state index in [2.05, 4.69) is 48.6 Å². The zero-order valence-electron chi connectivity index (χ0n) is 12.2. The van der Waals surface area contributed by atoms with E-state index in [1.165, 1.54) is 0 Å². The van der Waals surface area contributed by atoms with Crippen LogP contribution in [0.15, 0.2) is 35.7 Å². The van der Waals surface area contributed by atoms with E-state index in [4.69, 9.17) is 11.6 Å². The van der Waals surface area contributed by atoms with E-state index in [1.54, 1.807) is 11.3 Å². The molecule has 1 N–H and O–H groups in total. The molecular weight excluding hydrogens is 288 g/mol. The second kappa shape index (κ2) is 6.70. The van der Waals surface area contributed by atoms with Crippen LogP contribution in [0.2, 0.25) is 0 Å². The standard InChI is InChI=1S/C16H21ClN2S/c1-16(2,3)14-11-20-15(19-14)10-18-9-13(17)12-7-5-4-6-8-12/h4-8,11,13,18H,9-10H2,1-3H3. The molecule has 2 nitrogen and oxygen atoms in total. The van der Waals surface area contributed by atoms with Crippen LogP contribution >= 0.6 is 22.9 Å². The second-order valence-electron chi connectivity index (χ2n) is 5.89. The summed E-state index contributed by atoms with van der Waals surface area (Å²) in [7, 11) is 0. The molecule has 1 unspecified atom stereocenters. The molecule has 1 aromatic heterocycles. The van der Waals surface area contributed by atoms with Crippen molar-refractivity contribution in [2.75, 3.05) is 6.54 Å². The van der Waals surface area contributed by atoms with Crippen molar-refractivity contribution in [2.24, 2.45) is 0 Å². The second-order valence-corrected chi connectivity index (χ2v) is 7.36. The molecule has 0 aliphatic heterocycles. The molecule has 20 heavy (non-hydrogen) atoms. The van der Waals surface area contributed by atoms with Gasteiger partial charge in [-0.3, -0.25) is 0 Å². The van der Waals surface area contributed by atoms with Crippen LogP contribution in [-0.4, -0.2) is 11.5 Å². The fourth-order valence-electron chi connectivity index (χ4n) is 1.82. The van der Waals surface area contributed by atoms with Crippen LogP contribution in [0.25, 0.3) is 0 Å². The molecule has 0 aliphatic carbocycles. The molecule has 1 aromatic carbocycles. The first-order chi connectivity index (χ1) is 9.47. The number of nitrogens with zero attached hydrogens (tertiary/aromatic N) is 1. The fourth-order valence-corrected chi connectivity index (χ4v) is 3.07. The van der Waals surface area contributed by atoms with Crippen molar-refractivity contribution < 1.29 is 0 Å². The van der Waals surface area contributed by atoms with E-state index in [1.807, 2.05) is 18.2 Å². The number of aromatic nitrogens is 1. The average Bonchev–Trinajstić information content (AvgIpc) is 2.88. The summed E-state index contributed by atoms with van der Waals surface area (Å²) < 4.78 is 0. The lowest BCUT2D eigenvalue weighted by Crippen LogP contribution is -2.19. The number of benzene rings is 1. The number of halogens is 1. The topological polar surface area (TPSA) is 24.9 Å². The Kier molecular flexibility index (Phi) is 5.19. The Morgan fingerprint density at radius 2 is 1.95 bits per heavy atom. The van der Waals surface area contributed by atoms with E-state index >= 15 is 0 Å². The van der Waals surface area contributed by atoms with Crippen molar-refractivity contribution in [3.8, 4) is 0 Å². The van der Waals surface area contributed by atoms with Crippen LogP contribution in [-0.2, 0) is 12.0 Å². The fraction of sp³-hybridized carbons (Fsp3) is 0.438. The molecule has 0 radical (unpaired) electrons. The quantitative estimate of drug-likeness (QED) is 0.822. The number of rotatable bonds is 5. The minimum atomic E-state index is -0.00162. The van der Waals surface area contributed by atoms with Crippen molar-refractivity contribution in [1.82, 2.24) is 10.3 Å². The summed E-state index contributed by atoms with van der Waals surface area (Å²) in [5.74, 6) is 0. The molecule has 0 saturated heterocycles. The van der Waals surface area contributed by atoms with E-state index < -0.39 is 0 Å². The summed E-state index contributed by atoms with van der Waals surface area (Å²) in [6.45, 7) is 8.07. The molecular formula is C16H21ClN2S. The minimum Gasteiger partial charge on any atom is -0.309 e. The van der Waals surface area contributed by atoms with Gasteiger partial charge in [-0.25, -0.2) is 4.98 Å². The molecule has 4 heteroatoms. The highest BCUT2D eigenvalue weighted by Gasteiger charge is 2.17. The van der Waals surface area contributed by atoms with Gasteiger partial charge in [0.25, 0.3) is 0 Å². The van der Waals surface area contributed by atoms with Crippen LogP contribution in [0, 0.1) is 0 Å².